The highest BCUT2D eigenvalue weighted by molar-refractivity contribution is 5.74. The summed E-state index contributed by atoms with van der Waals surface area (Å²) in [4.78, 5) is 13.4. The minimum atomic E-state index is -0.674. The second-order valence-corrected chi connectivity index (χ2v) is 5.03. The van der Waals surface area contributed by atoms with Crippen LogP contribution in [0.15, 0.2) is 0 Å². The van der Waals surface area contributed by atoms with Crippen molar-refractivity contribution in [3.8, 4) is 0 Å². The van der Waals surface area contributed by atoms with Gasteiger partial charge in [-0.25, -0.2) is 0 Å². The van der Waals surface area contributed by atoms with Crippen LogP contribution in [0.4, 0.5) is 0 Å². The number of aliphatic hydroxyl groups excluding tert-OH is 1. The van der Waals surface area contributed by atoms with E-state index < -0.39 is 11.4 Å². The van der Waals surface area contributed by atoms with E-state index in [0.29, 0.717) is 6.54 Å². The number of hydrogen-bond acceptors (Lipinski definition) is 3. The summed E-state index contributed by atoms with van der Waals surface area (Å²) in [6, 6.07) is 0. The molecule has 16 heavy (non-hydrogen) atoms. The second kappa shape index (κ2) is 6.21. The molecule has 1 fully saturated rings. The maximum Gasteiger partial charge on any atom is 0.310 e. The zero-order valence-corrected chi connectivity index (χ0v) is 10.1. The average molecular weight is 229 g/mol. The molecule has 1 saturated heterocycles. The fourth-order valence-corrected chi connectivity index (χ4v) is 2.33. The van der Waals surface area contributed by atoms with Gasteiger partial charge in [0.1, 0.15) is 0 Å². The fraction of sp³-hybridized carbons (Fsp3) is 0.917. The number of carboxylic acids is 1. The van der Waals surface area contributed by atoms with Crippen LogP contribution < -0.4 is 0 Å². The van der Waals surface area contributed by atoms with Crippen LogP contribution in [0.2, 0.25) is 0 Å². The van der Waals surface area contributed by atoms with Gasteiger partial charge in [0.15, 0.2) is 0 Å². The normalized spacial score (nSPS) is 26.9. The molecule has 0 aromatic rings. The summed E-state index contributed by atoms with van der Waals surface area (Å²) in [6.07, 6.45) is 4.69. The molecule has 0 bridgehead atoms. The predicted molar refractivity (Wildman–Crippen MR) is 62.4 cm³/mol. The summed E-state index contributed by atoms with van der Waals surface area (Å²) < 4.78 is 0. The first-order valence-corrected chi connectivity index (χ1v) is 6.15. The SMILES string of the molecule is CC1(C(=O)O)CCCN(CCCCCO)C1. The lowest BCUT2D eigenvalue weighted by Crippen LogP contribution is -2.46. The van der Waals surface area contributed by atoms with Crippen molar-refractivity contribution in [1.82, 2.24) is 4.90 Å². The van der Waals surface area contributed by atoms with Crippen LogP contribution in [0.25, 0.3) is 0 Å². The number of unbranched alkanes of at least 4 members (excludes halogenated alkanes) is 2. The molecule has 94 valence electrons. The van der Waals surface area contributed by atoms with E-state index in [1.54, 1.807) is 0 Å². The van der Waals surface area contributed by atoms with Crippen LogP contribution in [0.3, 0.4) is 0 Å². The Morgan fingerprint density at radius 1 is 1.38 bits per heavy atom. The molecule has 1 rings (SSSR count). The van der Waals surface area contributed by atoms with Crippen molar-refractivity contribution in [2.45, 2.75) is 39.0 Å². The number of carbonyl (C=O) groups is 1. The molecule has 1 heterocycles. The van der Waals surface area contributed by atoms with E-state index in [1.807, 2.05) is 6.92 Å². The minimum absolute atomic E-state index is 0.257. The molecule has 2 N–H and O–H groups in total. The van der Waals surface area contributed by atoms with E-state index in [0.717, 1.165) is 45.2 Å². The number of rotatable bonds is 6. The first-order chi connectivity index (χ1) is 7.58. The van der Waals surface area contributed by atoms with Crippen molar-refractivity contribution >= 4 is 5.97 Å². The van der Waals surface area contributed by atoms with Crippen LogP contribution in [0, 0.1) is 5.41 Å². The molecule has 0 aliphatic carbocycles. The third-order valence-corrected chi connectivity index (χ3v) is 3.42. The topological polar surface area (TPSA) is 60.8 Å². The predicted octanol–water partition coefficient (Wildman–Crippen LogP) is 1.34. The van der Waals surface area contributed by atoms with Gasteiger partial charge in [-0.3, -0.25) is 4.79 Å². The van der Waals surface area contributed by atoms with Crippen LogP contribution in [-0.2, 0) is 4.79 Å². The molecule has 1 aliphatic heterocycles. The number of hydrogen-bond donors (Lipinski definition) is 2. The van der Waals surface area contributed by atoms with Crippen molar-refractivity contribution in [3.05, 3.63) is 0 Å². The van der Waals surface area contributed by atoms with Gasteiger partial charge in [0.25, 0.3) is 0 Å². The first kappa shape index (κ1) is 13.5. The summed E-state index contributed by atoms with van der Waals surface area (Å²) in [5, 5.41) is 17.8. The Morgan fingerprint density at radius 2 is 2.12 bits per heavy atom. The zero-order valence-electron chi connectivity index (χ0n) is 10.1. The van der Waals surface area contributed by atoms with Gasteiger partial charge in [-0.2, -0.15) is 0 Å². The molecular formula is C12H23NO3. The highest BCUT2D eigenvalue weighted by atomic mass is 16.4. The number of nitrogens with zero attached hydrogens (tertiary/aromatic N) is 1. The quantitative estimate of drug-likeness (QED) is 0.675. The van der Waals surface area contributed by atoms with Crippen molar-refractivity contribution < 1.29 is 15.0 Å². The summed E-state index contributed by atoms with van der Waals surface area (Å²) in [7, 11) is 0. The van der Waals surface area contributed by atoms with E-state index >= 15 is 0 Å². The van der Waals surface area contributed by atoms with E-state index in [1.165, 1.54) is 0 Å². The highest BCUT2D eigenvalue weighted by Gasteiger charge is 2.37. The monoisotopic (exact) mass is 229 g/mol. The second-order valence-electron chi connectivity index (χ2n) is 5.03. The van der Waals surface area contributed by atoms with Crippen molar-refractivity contribution in [1.29, 1.82) is 0 Å². The number of carboxylic acid groups (broad SMARTS) is 1. The number of aliphatic carboxylic acids is 1. The number of piperidine rings is 1. The van der Waals surface area contributed by atoms with Gasteiger partial charge in [-0.1, -0.05) is 0 Å². The van der Waals surface area contributed by atoms with E-state index in [-0.39, 0.29) is 6.61 Å². The molecular weight excluding hydrogens is 206 g/mol. The summed E-state index contributed by atoms with van der Waals surface area (Å²) >= 11 is 0. The van der Waals surface area contributed by atoms with Gasteiger partial charge < -0.3 is 15.1 Å². The molecule has 0 radical (unpaired) electrons. The lowest BCUT2D eigenvalue weighted by molar-refractivity contribution is -0.151. The van der Waals surface area contributed by atoms with Crippen LogP contribution >= 0.6 is 0 Å². The van der Waals surface area contributed by atoms with Crippen LogP contribution in [0.1, 0.15) is 39.0 Å². The van der Waals surface area contributed by atoms with Crippen molar-refractivity contribution in [2.75, 3.05) is 26.2 Å². The van der Waals surface area contributed by atoms with E-state index in [2.05, 4.69) is 4.90 Å². The minimum Gasteiger partial charge on any atom is -0.481 e. The standard InChI is InChI=1S/C12H23NO3/c1-12(11(15)16)6-5-8-13(10-12)7-3-2-4-9-14/h14H,2-10H2,1H3,(H,15,16). The van der Waals surface area contributed by atoms with Gasteiger partial charge >= 0.3 is 5.97 Å². The Morgan fingerprint density at radius 3 is 2.75 bits per heavy atom. The van der Waals surface area contributed by atoms with E-state index in [4.69, 9.17) is 10.2 Å². The summed E-state index contributed by atoms with van der Waals surface area (Å²) in [5.74, 6) is -0.674. The Labute approximate surface area is 97.3 Å². The Balaban J connectivity index is 2.30. The van der Waals surface area contributed by atoms with Crippen molar-refractivity contribution in [2.24, 2.45) is 5.41 Å². The first-order valence-electron chi connectivity index (χ1n) is 6.15. The molecule has 4 heteroatoms. The molecule has 1 atom stereocenters. The molecule has 0 aromatic heterocycles. The third kappa shape index (κ3) is 3.76. The average Bonchev–Trinajstić information content (AvgIpc) is 2.24. The molecule has 4 nitrogen and oxygen atoms in total. The zero-order chi connectivity index (χ0) is 12.0. The van der Waals surface area contributed by atoms with Gasteiger partial charge in [-0.05, 0) is 52.1 Å². The van der Waals surface area contributed by atoms with Gasteiger partial charge in [0, 0.05) is 13.2 Å². The Bertz CT molecular complexity index is 232. The lowest BCUT2D eigenvalue weighted by atomic mass is 9.82. The molecule has 0 aromatic carbocycles. The lowest BCUT2D eigenvalue weighted by Gasteiger charge is -2.37. The smallest absolute Gasteiger partial charge is 0.310 e. The Hall–Kier alpha value is -0.610. The van der Waals surface area contributed by atoms with Gasteiger partial charge in [0.2, 0.25) is 0 Å². The molecule has 1 unspecified atom stereocenters. The highest BCUT2D eigenvalue weighted by Crippen LogP contribution is 2.29. The van der Waals surface area contributed by atoms with Crippen molar-refractivity contribution in [3.63, 3.8) is 0 Å². The third-order valence-electron chi connectivity index (χ3n) is 3.42. The fourth-order valence-electron chi connectivity index (χ4n) is 2.33. The molecule has 0 spiro atoms. The summed E-state index contributed by atoms with van der Waals surface area (Å²) in [6.45, 7) is 4.74. The van der Waals surface area contributed by atoms with Gasteiger partial charge in [-0.15, -0.1) is 0 Å². The molecule has 0 saturated carbocycles. The summed E-state index contributed by atoms with van der Waals surface area (Å²) in [5.41, 5.74) is -0.560. The molecule has 0 amide bonds. The number of aliphatic hydroxyl groups is 1. The van der Waals surface area contributed by atoms with Crippen LogP contribution in [-0.4, -0.2) is 47.3 Å². The Kier molecular flexibility index (Phi) is 5.22. The number of likely N-dealkylation sites (tertiary alicyclic amines) is 1. The maximum atomic E-state index is 11.1. The van der Waals surface area contributed by atoms with Crippen LogP contribution in [0.5, 0.6) is 0 Å². The maximum absolute atomic E-state index is 11.1. The largest absolute Gasteiger partial charge is 0.481 e. The molecule has 1 aliphatic rings. The van der Waals surface area contributed by atoms with E-state index in [9.17, 15) is 4.79 Å². The van der Waals surface area contributed by atoms with Gasteiger partial charge in [0.05, 0.1) is 5.41 Å².